The highest BCUT2D eigenvalue weighted by molar-refractivity contribution is 5.75. The van der Waals surface area contributed by atoms with Crippen molar-refractivity contribution >= 4 is 12.0 Å². The minimum Gasteiger partial charge on any atom is -0.445 e. The van der Waals surface area contributed by atoms with E-state index in [4.69, 9.17) is 15.7 Å². The Kier molecular flexibility index (Phi) is 7.95. The maximum absolute atomic E-state index is 11.5. The molecule has 0 aliphatic heterocycles. The van der Waals surface area contributed by atoms with Crippen molar-refractivity contribution in [1.82, 2.24) is 10.4 Å². The summed E-state index contributed by atoms with van der Waals surface area (Å²) >= 11 is 0. The number of carbonyl (C=O) groups is 2. The average molecular weight is 309 g/mol. The maximum Gasteiger partial charge on any atom is 0.407 e. The number of alkyl carbamates (subject to hydrolysis) is 1. The van der Waals surface area contributed by atoms with Gasteiger partial charge in [-0.25, -0.2) is 9.86 Å². The van der Waals surface area contributed by atoms with E-state index in [2.05, 4.69) is 5.32 Å². The fraction of sp³-hybridized carbons (Fsp3) is 0.467. The molecule has 0 saturated carbocycles. The van der Waals surface area contributed by atoms with Gasteiger partial charge >= 0.3 is 6.09 Å². The fourth-order valence-electron chi connectivity index (χ4n) is 1.79. The van der Waals surface area contributed by atoms with E-state index in [9.17, 15) is 9.59 Å². The number of ether oxygens (including phenoxy) is 1. The molecule has 0 unspecified atom stereocenters. The number of hydrogen-bond donors (Lipinski definition) is 3. The SMILES string of the molecule is CN(O)C(=O)C[C@@H](N)CCCNC(=O)OCc1ccccc1. The molecule has 2 amide bonds. The van der Waals surface area contributed by atoms with Crippen molar-refractivity contribution in [2.24, 2.45) is 5.73 Å². The van der Waals surface area contributed by atoms with E-state index in [0.29, 0.717) is 24.4 Å². The van der Waals surface area contributed by atoms with Crippen LogP contribution in [0.1, 0.15) is 24.8 Å². The van der Waals surface area contributed by atoms with Gasteiger partial charge in [0.1, 0.15) is 6.61 Å². The minimum atomic E-state index is -0.483. The first kappa shape index (κ1) is 17.9. The molecule has 0 saturated heterocycles. The molecule has 0 fully saturated rings. The molecule has 0 heterocycles. The molecule has 1 aromatic carbocycles. The topological polar surface area (TPSA) is 105 Å². The lowest BCUT2D eigenvalue weighted by molar-refractivity contribution is -0.159. The molecule has 0 aromatic heterocycles. The van der Waals surface area contributed by atoms with Crippen molar-refractivity contribution in [3.8, 4) is 0 Å². The Morgan fingerprint density at radius 1 is 1.36 bits per heavy atom. The third-order valence-corrected chi connectivity index (χ3v) is 3.03. The van der Waals surface area contributed by atoms with Gasteiger partial charge in [-0.3, -0.25) is 10.0 Å². The Balaban J connectivity index is 2.09. The Labute approximate surface area is 130 Å². The molecule has 7 heteroatoms. The molecular formula is C15H23N3O4. The third-order valence-electron chi connectivity index (χ3n) is 3.03. The molecule has 1 aromatic rings. The van der Waals surface area contributed by atoms with Crippen molar-refractivity contribution < 1.29 is 19.5 Å². The Hall–Kier alpha value is -2.12. The summed E-state index contributed by atoms with van der Waals surface area (Å²) in [4.78, 5) is 22.7. The van der Waals surface area contributed by atoms with Gasteiger partial charge in [0.2, 0.25) is 5.91 Å². The number of benzene rings is 1. The zero-order valence-electron chi connectivity index (χ0n) is 12.7. The van der Waals surface area contributed by atoms with Crippen LogP contribution in [-0.2, 0) is 16.1 Å². The number of rotatable bonds is 8. The number of carbonyl (C=O) groups excluding carboxylic acids is 2. The Morgan fingerprint density at radius 3 is 2.68 bits per heavy atom. The van der Waals surface area contributed by atoms with E-state index in [-0.39, 0.29) is 19.1 Å². The summed E-state index contributed by atoms with van der Waals surface area (Å²) in [5.74, 6) is -0.428. The second kappa shape index (κ2) is 9.75. The Bertz CT molecular complexity index is 465. The molecule has 0 radical (unpaired) electrons. The first-order valence-electron chi connectivity index (χ1n) is 7.14. The number of amides is 2. The summed E-state index contributed by atoms with van der Waals surface area (Å²) < 4.78 is 5.06. The van der Waals surface area contributed by atoms with E-state index >= 15 is 0 Å². The van der Waals surface area contributed by atoms with Crippen LogP contribution in [0.5, 0.6) is 0 Å². The van der Waals surface area contributed by atoms with Crippen molar-refractivity contribution in [2.45, 2.75) is 31.9 Å². The first-order chi connectivity index (χ1) is 10.5. The van der Waals surface area contributed by atoms with Gasteiger partial charge in [-0.05, 0) is 18.4 Å². The predicted octanol–water partition coefficient (Wildman–Crippen LogP) is 1.26. The lowest BCUT2D eigenvalue weighted by atomic mass is 10.1. The standard InChI is InChI=1S/C15H23N3O4/c1-18(21)14(19)10-13(16)8-5-9-17-15(20)22-11-12-6-3-2-4-7-12/h2-4,6-7,13,21H,5,8-11,16H2,1H3,(H,17,20)/t13-/m0/s1. The molecule has 22 heavy (non-hydrogen) atoms. The molecule has 0 aliphatic rings. The number of hydroxylamine groups is 2. The second-order valence-electron chi connectivity index (χ2n) is 5.01. The quantitative estimate of drug-likeness (QED) is 0.381. The van der Waals surface area contributed by atoms with Gasteiger partial charge in [0.25, 0.3) is 0 Å². The number of hydrogen-bond acceptors (Lipinski definition) is 5. The molecule has 4 N–H and O–H groups in total. The molecule has 0 bridgehead atoms. The van der Waals surface area contributed by atoms with Crippen LogP contribution in [0.2, 0.25) is 0 Å². The van der Waals surface area contributed by atoms with Crippen molar-refractivity contribution in [1.29, 1.82) is 0 Å². The zero-order valence-corrected chi connectivity index (χ0v) is 12.7. The van der Waals surface area contributed by atoms with E-state index in [0.717, 1.165) is 5.56 Å². The summed E-state index contributed by atoms with van der Waals surface area (Å²) in [6, 6.07) is 9.06. The van der Waals surface area contributed by atoms with E-state index in [1.54, 1.807) is 0 Å². The second-order valence-corrected chi connectivity index (χ2v) is 5.01. The highest BCUT2D eigenvalue weighted by Gasteiger charge is 2.12. The number of nitrogens with zero attached hydrogens (tertiary/aromatic N) is 1. The van der Waals surface area contributed by atoms with Gasteiger partial charge in [0.15, 0.2) is 0 Å². The number of nitrogens with two attached hydrogens (primary N) is 1. The van der Waals surface area contributed by atoms with Crippen LogP contribution in [0, 0.1) is 0 Å². The van der Waals surface area contributed by atoms with Crippen LogP contribution >= 0.6 is 0 Å². The van der Waals surface area contributed by atoms with E-state index in [1.165, 1.54) is 7.05 Å². The highest BCUT2D eigenvalue weighted by Crippen LogP contribution is 2.02. The lowest BCUT2D eigenvalue weighted by Gasteiger charge is -2.14. The summed E-state index contributed by atoms with van der Waals surface area (Å²) in [6.07, 6.45) is 0.789. The molecular weight excluding hydrogens is 286 g/mol. The summed E-state index contributed by atoms with van der Waals surface area (Å²) in [5, 5.41) is 12.1. The summed E-state index contributed by atoms with van der Waals surface area (Å²) in [6.45, 7) is 0.647. The van der Waals surface area contributed by atoms with Crippen LogP contribution in [0.3, 0.4) is 0 Å². The van der Waals surface area contributed by atoms with Crippen LogP contribution in [-0.4, -0.2) is 41.9 Å². The number of nitrogens with one attached hydrogen (secondary N) is 1. The monoisotopic (exact) mass is 309 g/mol. The van der Waals surface area contributed by atoms with Crippen molar-refractivity contribution in [3.63, 3.8) is 0 Å². The largest absolute Gasteiger partial charge is 0.445 e. The highest BCUT2D eigenvalue weighted by atomic mass is 16.5. The van der Waals surface area contributed by atoms with Gasteiger partial charge in [0, 0.05) is 26.1 Å². The van der Waals surface area contributed by atoms with Gasteiger partial charge in [-0.15, -0.1) is 0 Å². The van der Waals surface area contributed by atoms with E-state index in [1.807, 2.05) is 30.3 Å². The average Bonchev–Trinajstić information content (AvgIpc) is 2.50. The van der Waals surface area contributed by atoms with Crippen LogP contribution in [0.15, 0.2) is 30.3 Å². The molecule has 122 valence electrons. The van der Waals surface area contributed by atoms with Crippen LogP contribution in [0.25, 0.3) is 0 Å². The molecule has 0 spiro atoms. The molecule has 7 nitrogen and oxygen atoms in total. The first-order valence-corrected chi connectivity index (χ1v) is 7.14. The van der Waals surface area contributed by atoms with Crippen molar-refractivity contribution in [2.75, 3.05) is 13.6 Å². The molecule has 0 aliphatic carbocycles. The molecule has 1 atom stereocenters. The Morgan fingerprint density at radius 2 is 2.05 bits per heavy atom. The minimum absolute atomic E-state index is 0.0749. The summed E-state index contributed by atoms with van der Waals surface area (Å²) in [7, 11) is 1.26. The van der Waals surface area contributed by atoms with E-state index < -0.39 is 12.0 Å². The normalized spacial score (nSPS) is 11.6. The smallest absolute Gasteiger partial charge is 0.407 e. The predicted molar refractivity (Wildman–Crippen MR) is 81.0 cm³/mol. The fourth-order valence-corrected chi connectivity index (χ4v) is 1.79. The lowest BCUT2D eigenvalue weighted by Crippen LogP contribution is -2.32. The van der Waals surface area contributed by atoms with Crippen LogP contribution < -0.4 is 11.1 Å². The van der Waals surface area contributed by atoms with Crippen molar-refractivity contribution in [3.05, 3.63) is 35.9 Å². The van der Waals surface area contributed by atoms with Gasteiger partial charge in [-0.1, -0.05) is 30.3 Å². The maximum atomic E-state index is 11.5. The van der Waals surface area contributed by atoms with Gasteiger partial charge in [0.05, 0.1) is 0 Å². The van der Waals surface area contributed by atoms with Crippen LogP contribution in [0.4, 0.5) is 4.79 Å². The summed E-state index contributed by atoms with van der Waals surface area (Å²) in [5.41, 5.74) is 6.68. The third kappa shape index (κ3) is 7.61. The zero-order chi connectivity index (χ0) is 16.4. The van der Waals surface area contributed by atoms with Gasteiger partial charge < -0.3 is 15.8 Å². The van der Waals surface area contributed by atoms with Gasteiger partial charge in [-0.2, -0.15) is 0 Å². The molecule has 1 rings (SSSR count).